The molecule has 12 heavy (non-hydrogen) atoms. The standard InChI is InChI=1S/C11H22Si/c1-4-10-12(2,3)11-8-6-5-7-9-11/h8H,4-7,9-10H2,1-3H3. The van der Waals surface area contributed by atoms with Crippen molar-refractivity contribution in [2.45, 2.75) is 58.2 Å². The van der Waals surface area contributed by atoms with Gasteiger partial charge in [0.15, 0.2) is 0 Å². The fourth-order valence-electron chi connectivity index (χ4n) is 2.24. The van der Waals surface area contributed by atoms with Crippen molar-refractivity contribution < 1.29 is 0 Å². The van der Waals surface area contributed by atoms with Gasteiger partial charge in [0.2, 0.25) is 0 Å². The topological polar surface area (TPSA) is 0 Å². The summed E-state index contributed by atoms with van der Waals surface area (Å²) in [5.74, 6) is 0. The van der Waals surface area contributed by atoms with Gasteiger partial charge in [0.25, 0.3) is 0 Å². The van der Waals surface area contributed by atoms with Crippen molar-refractivity contribution >= 4 is 8.07 Å². The third-order valence-electron chi connectivity index (χ3n) is 3.04. The van der Waals surface area contributed by atoms with Gasteiger partial charge in [-0.2, -0.15) is 0 Å². The molecule has 0 atom stereocenters. The molecule has 0 unspecified atom stereocenters. The van der Waals surface area contributed by atoms with Crippen molar-refractivity contribution in [3.63, 3.8) is 0 Å². The Labute approximate surface area is 78.1 Å². The lowest BCUT2D eigenvalue weighted by Crippen LogP contribution is -2.29. The molecule has 0 saturated heterocycles. The summed E-state index contributed by atoms with van der Waals surface area (Å²) in [5, 5.41) is 1.86. The van der Waals surface area contributed by atoms with Crippen LogP contribution in [0.3, 0.4) is 0 Å². The largest absolute Gasteiger partial charge is 0.0892 e. The van der Waals surface area contributed by atoms with E-state index in [1.54, 1.807) is 0 Å². The zero-order valence-electron chi connectivity index (χ0n) is 8.82. The molecule has 1 aliphatic carbocycles. The van der Waals surface area contributed by atoms with Crippen LogP contribution < -0.4 is 0 Å². The van der Waals surface area contributed by atoms with Gasteiger partial charge in [-0.05, 0) is 25.7 Å². The lowest BCUT2D eigenvalue weighted by atomic mass is 10.1. The van der Waals surface area contributed by atoms with E-state index in [0.29, 0.717) is 0 Å². The average molecular weight is 182 g/mol. The van der Waals surface area contributed by atoms with Gasteiger partial charge in [0.1, 0.15) is 0 Å². The first-order valence-electron chi connectivity index (χ1n) is 5.36. The average Bonchev–Trinajstić information content (AvgIpc) is 2.06. The Morgan fingerprint density at radius 3 is 2.58 bits per heavy atom. The summed E-state index contributed by atoms with van der Waals surface area (Å²) >= 11 is 0. The Bertz CT molecular complexity index is 168. The molecule has 0 aromatic carbocycles. The molecule has 1 heteroatoms. The van der Waals surface area contributed by atoms with Gasteiger partial charge in [0.05, 0.1) is 8.07 Å². The molecular formula is C11H22Si. The summed E-state index contributed by atoms with van der Waals surface area (Å²) in [6.07, 6.45) is 9.57. The minimum Gasteiger partial charge on any atom is -0.0892 e. The molecule has 1 rings (SSSR count). The minimum atomic E-state index is -0.941. The molecule has 0 aromatic heterocycles. The van der Waals surface area contributed by atoms with Crippen LogP contribution in [0.25, 0.3) is 0 Å². The lowest BCUT2D eigenvalue weighted by molar-refractivity contribution is 0.716. The number of rotatable bonds is 3. The quantitative estimate of drug-likeness (QED) is 0.575. The molecule has 0 aliphatic heterocycles. The Kier molecular flexibility index (Phi) is 3.57. The molecule has 1 aliphatic rings. The normalized spacial score (nSPS) is 19.1. The molecule has 0 fully saturated rings. The number of hydrogen-bond acceptors (Lipinski definition) is 0. The fraction of sp³-hybridized carbons (Fsp3) is 0.818. The van der Waals surface area contributed by atoms with Crippen molar-refractivity contribution in [2.75, 3.05) is 0 Å². The van der Waals surface area contributed by atoms with Gasteiger partial charge in [-0.25, -0.2) is 0 Å². The Morgan fingerprint density at radius 1 is 1.33 bits per heavy atom. The molecule has 0 amide bonds. The van der Waals surface area contributed by atoms with Gasteiger partial charge in [-0.3, -0.25) is 0 Å². The predicted octanol–water partition coefficient (Wildman–Crippen LogP) is 4.14. The molecule has 0 aromatic rings. The van der Waals surface area contributed by atoms with E-state index in [4.69, 9.17) is 0 Å². The Hall–Kier alpha value is -0.0431. The van der Waals surface area contributed by atoms with E-state index in [9.17, 15) is 0 Å². The van der Waals surface area contributed by atoms with E-state index in [1.165, 1.54) is 38.1 Å². The second kappa shape index (κ2) is 4.27. The van der Waals surface area contributed by atoms with Gasteiger partial charge in [-0.1, -0.05) is 43.8 Å². The van der Waals surface area contributed by atoms with Crippen molar-refractivity contribution in [3.8, 4) is 0 Å². The number of hydrogen-bond donors (Lipinski definition) is 0. The van der Waals surface area contributed by atoms with Crippen LogP contribution in [0.5, 0.6) is 0 Å². The van der Waals surface area contributed by atoms with Crippen molar-refractivity contribution in [2.24, 2.45) is 0 Å². The summed E-state index contributed by atoms with van der Waals surface area (Å²) in [7, 11) is -0.941. The maximum atomic E-state index is 2.55. The van der Waals surface area contributed by atoms with Crippen molar-refractivity contribution in [1.82, 2.24) is 0 Å². The molecule has 0 radical (unpaired) electrons. The van der Waals surface area contributed by atoms with Crippen LogP contribution in [0.15, 0.2) is 11.3 Å². The second-order valence-corrected chi connectivity index (χ2v) is 9.52. The van der Waals surface area contributed by atoms with Crippen LogP contribution in [-0.2, 0) is 0 Å². The third kappa shape index (κ3) is 2.48. The predicted molar refractivity (Wildman–Crippen MR) is 59.1 cm³/mol. The van der Waals surface area contributed by atoms with E-state index in [0.717, 1.165) is 0 Å². The van der Waals surface area contributed by atoms with Crippen LogP contribution in [-0.4, -0.2) is 8.07 Å². The SMILES string of the molecule is CCC[Si](C)(C)C1=CCCCC1. The van der Waals surface area contributed by atoms with Crippen molar-refractivity contribution in [1.29, 1.82) is 0 Å². The van der Waals surface area contributed by atoms with E-state index >= 15 is 0 Å². The first kappa shape index (κ1) is 10.0. The zero-order chi connectivity index (χ0) is 9.03. The molecule has 0 spiro atoms. The smallest absolute Gasteiger partial charge is 0.0750 e. The fourth-order valence-corrected chi connectivity index (χ4v) is 5.36. The summed E-state index contributed by atoms with van der Waals surface area (Å²) in [5.41, 5.74) is 0. The van der Waals surface area contributed by atoms with Crippen LogP contribution in [0.1, 0.15) is 39.0 Å². The summed E-state index contributed by atoms with van der Waals surface area (Å²) < 4.78 is 0. The first-order chi connectivity index (χ1) is 5.67. The summed E-state index contributed by atoms with van der Waals surface area (Å²) in [4.78, 5) is 0. The van der Waals surface area contributed by atoms with Crippen LogP contribution >= 0.6 is 0 Å². The highest BCUT2D eigenvalue weighted by Gasteiger charge is 2.24. The Balaban J connectivity index is 2.59. The Morgan fingerprint density at radius 2 is 2.08 bits per heavy atom. The van der Waals surface area contributed by atoms with Gasteiger partial charge in [0, 0.05) is 0 Å². The van der Waals surface area contributed by atoms with E-state index in [1.807, 2.05) is 5.20 Å². The highest BCUT2D eigenvalue weighted by Crippen LogP contribution is 2.29. The van der Waals surface area contributed by atoms with Gasteiger partial charge in [-0.15, -0.1) is 0 Å². The summed E-state index contributed by atoms with van der Waals surface area (Å²) in [6.45, 7) is 7.39. The van der Waals surface area contributed by atoms with Gasteiger partial charge < -0.3 is 0 Å². The summed E-state index contributed by atoms with van der Waals surface area (Å²) in [6, 6.07) is 1.48. The van der Waals surface area contributed by atoms with Crippen molar-refractivity contribution in [3.05, 3.63) is 11.3 Å². The molecule has 70 valence electrons. The molecule has 0 N–H and O–H groups in total. The maximum absolute atomic E-state index is 2.55. The molecule has 0 saturated carbocycles. The highest BCUT2D eigenvalue weighted by atomic mass is 28.3. The van der Waals surface area contributed by atoms with Crippen LogP contribution in [0.2, 0.25) is 19.1 Å². The molecule has 0 heterocycles. The highest BCUT2D eigenvalue weighted by molar-refractivity contribution is 6.84. The maximum Gasteiger partial charge on any atom is 0.0750 e. The second-order valence-electron chi connectivity index (χ2n) is 4.61. The molecular weight excluding hydrogens is 160 g/mol. The molecule has 0 bridgehead atoms. The van der Waals surface area contributed by atoms with E-state index < -0.39 is 8.07 Å². The van der Waals surface area contributed by atoms with Crippen LogP contribution in [0, 0.1) is 0 Å². The van der Waals surface area contributed by atoms with Crippen LogP contribution in [0.4, 0.5) is 0 Å². The molecule has 0 nitrogen and oxygen atoms in total. The number of allylic oxidation sites excluding steroid dienone is 2. The monoisotopic (exact) mass is 182 g/mol. The van der Waals surface area contributed by atoms with Gasteiger partial charge >= 0.3 is 0 Å². The lowest BCUT2D eigenvalue weighted by Gasteiger charge is -2.28. The minimum absolute atomic E-state index is 0.941. The zero-order valence-corrected chi connectivity index (χ0v) is 9.82. The third-order valence-corrected chi connectivity index (χ3v) is 6.98. The van der Waals surface area contributed by atoms with E-state index in [-0.39, 0.29) is 0 Å². The first-order valence-corrected chi connectivity index (χ1v) is 8.57. The van der Waals surface area contributed by atoms with E-state index in [2.05, 4.69) is 26.1 Å².